The van der Waals surface area contributed by atoms with Gasteiger partial charge in [0, 0.05) is 13.0 Å². The summed E-state index contributed by atoms with van der Waals surface area (Å²) in [6, 6.07) is 0. The summed E-state index contributed by atoms with van der Waals surface area (Å²) in [4.78, 5) is 4.10. The maximum Gasteiger partial charge on any atom is 0.104 e. The zero-order chi connectivity index (χ0) is 5.98. The summed E-state index contributed by atoms with van der Waals surface area (Å²) >= 11 is 5.72. The van der Waals surface area contributed by atoms with Crippen LogP contribution in [0.15, 0.2) is 4.99 Å². The number of hydrogen-bond donors (Lipinski definition) is 1. The van der Waals surface area contributed by atoms with Gasteiger partial charge < -0.3 is 5.32 Å². The average Bonchev–Trinajstić information content (AvgIpc) is 1.64. The molecular formula is C5H9ClN2. The van der Waals surface area contributed by atoms with Crippen molar-refractivity contribution in [2.45, 2.75) is 18.8 Å². The first-order chi connectivity index (χ1) is 3.79. The highest BCUT2D eigenvalue weighted by atomic mass is 35.5. The maximum atomic E-state index is 5.72. The van der Waals surface area contributed by atoms with Crippen molar-refractivity contribution in [3.63, 3.8) is 0 Å². The van der Waals surface area contributed by atoms with Crippen molar-refractivity contribution >= 4 is 17.4 Å². The number of alkyl halides is 1. The summed E-state index contributed by atoms with van der Waals surface area (Å²) in [6.07, 6.45) is 0.943. The minimum atomic E-state index is 0.104. The van der Waals surface area contributed by atoms with Crippen LogP contribution in [0.1, 0.15) is 13.3 Å². The lowest BCUT2D eigenvalue weighted by Gasteiger charge is -2.16. The van der Waals surface area contributed by atoms with Crippen molar-refractivity contribution in [3.8, 4) is 0 Å². The van der Waals surface area contributed by atoms with Crippen LogP contribution in [0, 0.1) is 0 Å². The molecule has 1 aliphatic rings. The fraction of sp³-hybridized carbons (Fsp3) is 0.800. The van der Waals surface area contributed by atoms with Gasteiger partial charge in [-0.15, -0.1) is 0 Å². The number of rotatable bonds is 0. The summed E-state index contributed by atoms with van der Waals surface area (Å²) in [5, 5.41) is 2.99. The molecule has 0 aromatic heterocycles. The number of nitrogens with zero attached hydrogens (tertiary/aromatic N) is 1. The first-order valence-electron chi connectivity index (χ1n) is 2.70. The normalized spacial score (nSPS) is 28.8. The van der Waals surface area contributed by atoms with E-state index in [1.54, 1.807) is 0 Å². The van der Waals surface area contributed by atoms with Crippen LogP contribution in [0.2, 0.25) is 0 Å². The Morgan fingerprint density at radius 2 is 2.62 bits per heavy atom. The van der Waals surface area contributed by atoms with Crippen LogP contribution in [0.5, 0.6) is 0 Å². The van der Waals surface area contributed by atoms with Crippen molar-refractivity contribution < 1.29 is 0 Å². The Bertz CT molecular complexity index is 111. The first kappa shape index (κ1) is 5.89. The van der Waals surface area contributed by atoms with Gasteiger partial charge in [-0.25, -0.2) is 0 Å². The molecule has 0 aromatic rings. The van der Waals surface area contributed by atoms with E-state index in [1.165, 1.54) is 0 Å². The monoisotopic (exact) mass is 132 g/mol. The molecule has 2 nitrogen and oxygen atoms in total. The molecule has 1 aliphatic heterocycles. The molecule has 0 saturated heterocycles. The van der Waals surface area contributed by atoms with E-state index in [-0.39, 0.29) is 5.50 Å². The predicted molar refractivity (Wildman–Crippen MR) is 35.4 cm³/mol. The van der Waals surface area contributed by atoms with Gasteiger partial charge in [0.1, 0.15) is 5.50 Å². The molecule has 0 aromatic carbocycles. The Kier molecular flexibility index (Phi) is 1.73. The highest BCUT2D eigenvalue weighted by Gasteiger charge is 2.07. The Hall–Kier alpha value is -0.240. The molecule has 3 heteroatoms. The molecule has 0 saturated carbocycles. The van der Waals surface area contributed by atoms with E-state index in [9.17, 15) is 0 Å². The largest absolute Gasteiger partial charge is 0.358 e. The summed E-state index contributed by atoms with van der Waals surface area (Å²) < 4.78 is 0. The van der Waals surface area contributed by atoms with E-state index in [4.69, 9.17) is 11.6 Å². The second-order valence-electron chi connectivity index (χ2n) is 1.87. The fourth-order valence-electron chi connectivity index (χ4n) is 0.690. The lowest BCUT2D eigenvalue weighted by molar-refractivity contribution is 0.685. The van der Waals surface area contributed by atoms with Gasteiger partial charge in [-0.1, -0.05) is 11.6 Å². The molecule has 1 atom stereocenters. The quantitative estimate of drug-likeness (QED) is 0.386. The van der Waals surface area contributed by atoms with Gasteiger partial charge in [0.25, 0.3) is 0 Å². The lowest BCUT2D eigenvalue weighted by Crippen LogP contribution is -2.33. The Morgan fingerprint density at radius 1 is 1.88 bits per heavy atom. The minimum Gasteiger partial charge on any atom is -0.358 e. The molecule has 0 bridgehead atoms. The van der Waals surface area contributed by atoms with E-state index >= 15 is 0 Å². The van der Waals surface area contributed by atoms with Crippen molar-refractivity contribution in [1.29, 1.82) is 0 Å². The predicted octanol–water partition coefficient (Wildman–Crippen LogP) is 0.963. The standard InChI is InChI=1S/C5H9ClN2/c1-4-7-3-2-5(6)8-4/h5H,2-3H2,1H3,(H,7,8). The fourth-order valence-corrected chi connectivity index (χ4v) is 0.946. The Morgan fingerprint density at radius 3 is 3.00 bits per heavy atom. The number of amidine groups is 1. The molecular weight excluding hydrogens is 124 g/mol. The molecule has 46 valence electrons. The SMILES string of the molecule is CC1=NCCC(Cl)N1. The lowest BCUT2D eigenvalue weighted by atomic mass is 10.3. The molecule has 1 unspecified atom stereocenters. The van der Waals surface area contributed by atoms with Crippen LogP contribution < -0.4 is 5.32 Å². The van der Waals surface area contributed by atoms with Crippen molar-refractivity contribution in [3.05, 3.63) is 0 Å². The van der Waals surface area contributed by atoms with Crippen LogP contribution in [-0.4, -0.2) is 17.9 Å². The van der Waals surface area contributed by atoms with Gasteiger partial charge in [-0.2, -0.15) is 0 Å². The summed E-state index contributed by atoms with van der Waals surface area (Å²) in [7, 11) is 0. The maximum absolute atomic E-state index is 5.72. The van der Waals surface area contributed by atoms with E-state index in [2.05, 4.69) is 10.3 Å². The van der Waals surface area contributed by atoms with Gasteiger partial charge in [-0.05, 0) is 6.92 Å². The zero-order valence-corrected chi connectivity index (χ0v) is 5.57. The van der Waals surface area contributed by atoms with Crippen LogP contribution in [-0.2, 0) is 0 Å². The first-order valence-corrected chi connectivity index (χ1v) is 3.14. The summed E-state index contributed by atoms with van der Waals surface area (Å²) in [5.41, 5.74) is 0.104. The molecule has 1 rings (SSSR count). The third-order valence-electron chi connectivity index (χ3n) is 1.10. The van der Waals surface area contributed by atoms with Gasteiger partial charge in [0.2, 0.25) is 0 Å². The summed E-state index contributed by atoms with van der Waals surface area (Å²) in [6.45, 7) is 2.79. The van der Waals surface area contributed by atoms with Crippen molar-refractivity contribution in [1.82, 2.24) is 5.32 Å². The van der Waals surface area contributed by atoms with Crippen molar-refractivity contribution in [2.24, 2.45) is 4.99 Å². The number of hydrogen-bond acceptors (Lipinski definition) is 2. The van der Waals surface area contributed by atoms with Crippen LogP contribution in [0.25, 0.3) is 0 Å². The Labute approximate surface area is 53.9 Å². The molecule has 0 spiro atoms. The molecule has 0 fully saturated rings. The molecule has 0 aliphatic carbocycles. The molecule has 1 N–H and O–H groups in total. The van der Waals surface area contributed by atoms with Gasteiger partial charge in [-0.3, -0.25) is 4.99 Å². The number of halogens is 1. The third kappa shape index (κ3) is 1.37. The molecule has 1 heterocycles. The molecule has 8 heavy (non-hydrogen) atoms. The van der Waals surface area contributed by atoms with Crippen LogP contribution in [0.3, 0.4) is 0 Å². The van der Waals surface area contributed by atoms with E-state index < -0.39 is 0 Å². The number of nitrogens with one attached hydrogen (secondary N) is 1. The van der Waals surface area contributed by atoms with E-state index in [1.807, 2.05) is 6.92 Å². The van der Waals surface area contributed by atoms with Gasteiger partial charge in [0.05, 0.1) is 5.84 Å². The second kappa shape index (κ2) is 2.35. The van der Waals surface area contributed by atoms with E-state index in [0.717, 1.165) is 18.8 Å². The zero-order valence-electron chi connectivity index (χ0n) is 4.82. The Balaban J connectivity index is 2.45. The van der Waals surface area contributed by atoms with Crippen molar-refractivity contribution in [2.75, 3.05) is 6.54 Å². The number of aliphatic imine (C=N–C) groups is 1. The highest BCUT2D eigenvalue weighted by Crippen LogP contribution is 2.02. The van der Waals surface area contributed by atoms with Crippen LogP contribution in [0.4, 0.5) is 0 Å². The topological polar surface area (TPSA) is 24.4 Å². The smallest absolute Gasteiger partial charge is 0.104 e. The highest BCUT2D eigenvalue weighted by molar-refractivity contribution is 6.21. The third-order valence-corrected chi connectivity index (χ3v) is 1.42. The average molecular weight is 133 g/mol. The molecule has 0 radical (unpaired) electrons. The van der Waals surface area contributed by atoms with Gasteiger partial charge in [0.15, 0.2) is 0 Å². The minimum absolute atomic E-state index is 0.104. The van der Waals surface area contributed by atoms with E-state index in [0.29, 0.717) is 0 Å². The summed E-state index contributed by atoms with van der Waals surface area (Å²) in [5.74, 6) is 0.955. The van der Waals surface area contributed by atoms with Gasteiger partial charge >= 0.3 is 0 Å². The molecule has 0 amide bonds. The van der Waals surface area contributed by atoms with Crippen LogP contribution >= 0.6 is 11.6 Å². The second-order valence-corrected chi connectivity index (χ2v) is 2.39.